The van der Waals surface area contributed by atoms with E-state index in [0.29, 0.717) is 6.54 Å². The number of nitrogens with one attached hydrogen (secondary N) is 1. The van der Waals surface area contributed by atoms with E-state index in [1.54, 1.807) is 0 Å². The quantitative estimate of drug-likeness (QED) is 0.782. The lowest BCUT2D eigenvalue weighted by Gasteiger charge is -2.14. The van der Waals surface area contributed by atoms with Crippen molar-refractivity contribution in [3.05, 3.63) is 35.9 Å². The first-order chi connectivity index (χ1) is 7.11. The molecule has 0 aliphatic rings. The number of amides is 1. The number of aliphatic hydroxyl groups excluding tert-OH is 1. The zero-order chi connectivity index (χ0) is 11.3. The normalized spacial score (nSPS) is 12.5. The number of benzene rings is 1. The molecule has 0 spiro atoms. The molecule has 0 saturated carbocycles. The number of rotatable bonds is 4. The van der Waals surface area contributed by atoms with E-state index < -0.39 is 6.10 Å². The maximum absolute atomic E-state index is 11.4. The predicted molar refractivity (Wildman–Crippen MR) is 59.1 cm³/mol. The highest BCUT2D eigenvalue weighted by atomic mass is 16.3. The highest BCUT2D eigenvalue weighted by Gasteiger charge is 2.17. The predicted octanol–water partition coefficient (Wildman–Crippen LogP) is 1.32. The Kier molecular flexibility index (Phi) is 4.31. The molecule has 82 valence electrons. The molecule has 1 rings (SSSR count). The van der Waals surface area contributed by atoms with Crippen molar-refractivity contribution in [1.29, 1.82) is 0 Å². The van der Waals surface area contributed by atoms with Gasteiger partial charge >= 0.3 is 0 Å². The molecule has 3 nitrogen and oxygen atoms in total. The maximum Gasteiger partial charge on any atom is 0.249 e. The van der Waals surface area contributed by atoms with E-state index in [-0.39, 0.29) is 11.8 Å². The van der Waals surface area contributed by atoms with Gasteiger partial charge in [0.15, 0.2) is 0 Å². The summed E-state index contributed by atoms with van der Waals surface area (Å²) in [5.74, 6) is -0.366. The Hall–Kier alpha value is -1.35. The molecule has 2 N–H and O–H groups in total. The topological polar surface area (TPSA) is 49.3 Å². The van der Waals surface area contributed by atoms with Crippen molar-refractivity contribution in [2.24, 2.45) is 5.92 Å². The highest BCUT2D eigenvalue weighted by molar-refractivity contribution is 5.80. The molecular weight excluding hydrogens is 190 g/mol. The lowest BCUT2D eigenvalue weighted by atomic mass is 10.1. The molecule has 1 aromatic carbocycles. The second-order valence-corrected chi connectivity index (χ2v) is 3.89. The molecule has 0 unspecified atom stereocenters. The van der Waals surface area contributed by atoms with Crippen LogP contribution in [0.25, 0.3) is 0 Å². The fourth-order valence-corrected chi connectivity index (χ4v) is 1.19. The molecule has 1 aromatic rings. The summed E-state index contributed by atoms with van der Waals surface area (Å²) in [4.78, 5) is 11.4. The van der Waals surface area contributed by atoms with Gasteiger partial charge in [0, 0.05) is 6.54 Å². The molecule has 0 aliphatic heterocycles. The van der Waals surface area contributed by atoms with Gasteiger partial charge in [-0.2, -0.15) is 0 Å². The number of aliphatic hydroxyl groups is 1. The first kappa shape index (κ1) is 11.7. The monoisotopic (exact) mass is 207 g/mol. The van der Waals surface area contributed by atoms with Gasteiger partial charge in [-0.1, -0.05) is 44.2 Å². The van der Waals surface area contributed by atoms with Crippen LogP contribution in [0.2, 0.25) is 0 Å². The van der Waals surface area contributed by atoms with Crippen molar-refractivity contribution < 1.29 is 9.90 Å². The summed E-state index contributed by atoms with van der Waals surface area (Å²) >= 11 is 0. The Bertz CT molecular complexity index is 309. The average Bonchev–Trinajstić information content (AvgIpc) is 2.26. The highest BCUT2D eigenvalue weighted by Crippen LogP contribution is 2.02. The molecule has 3 heteroatoms. The zero-order valence-corrected chi connectivity index (χ0v) is 9.10. The van der Waals surface area contributed by atoms with Gasteiger partial charge in [-0.25, -0.2) is 0 Å². The minimum absolute atomic E-state index is 0.0548. The second-order valence-electron chi connectivity index (χ2n) is 3.89. The molecule has 0 radical (unpaired) electrons. The van der Waals surface area contributed by atoms with Gasteiger partial charge < -0.3 is 10.4 Å². The van der Waals surface area contributed by atoms with Crippen LogP contribution in [0.3, 0.4) is 0 Å². The van der Waals surface area contributed by atoms with E-state index in [1.807, 2.05) is 44.2 Å². The number of hydrogen-bond donors (Lipinski definition) is 2. The van der Waals surface area contributed by atoms with E-state index in [0.717, 1.165) is 5.56 Å². The fraction of sp³-hybridized carbons (Fsp3) is 0.417. The van der Waals surface area contributed by atoms with E-state index >= 15 is 0 Å². The van der Waals surface area contributed by atoms with E-state index in [2.05, 4.69) is 5.32 Å². The molecule has 1 atom stereocenters. The fourth-order valence-electron chi connectivity index (χ4n) is 1.19. The summed E-state index contributed by atoms with van der Waals surface area (Å²) in [5, 5.41) is 12.2. The lowest BCUT2D eigenvalue weighted by molar-refractivity contribution is -0.131. The van der Waals surface area contributed by atoms with E-state index in [4.69, 9.17) is 0 Å². The van der Waals surface area contributed by atoms with Crippen LogP contribution in [-0.2, 0) is 11.3 Å². The van der Waals surface area contributed by atoms with Crippen molar-refractivity contribution in [3.8, 4) is 0 Å². The molecule has 0 aliphatic carbocycles. The van der Waals surface area contributed by atoms with Crippen LogP contribution in [0, 0.1) is 5.92 Å². The van der Waals surface area contributed by atoms with Crippen LogP contribution in [0.5, 0.6) is 0 Å². The Labute approximate surface area is 90.1 Å². The lowest BCUT2D eigenvalue weighted by Crippen LogP contribution is -2.37. The van der Waals surface area contributed by atoms with Gasteiger partial charge in [-0.15, -0.1) is 0 Å². The largest absolute Gasteiger partial charge is 0.383 e. The first-order valence-corrected chi connectivity index (χ1v) is 5.11. The van der Waals surface area contributed by atoms with Gasteiger partial charge in [0.25, 0.3) is 0 Å². The molecule has 0 aromatic heterocycles. The van der Waals surface area contributed by atoms with Crippen LogP contribution in [0.1, 0.15) is 19.4 Å². The Morgan fingerprint density at radius 3 is 2.47 bits per heavy atom. The van der Waals surface area contributed by atoms with Gasteiger partial charge in [-0.05, 0) is 11.5 Å². The minimum atomic E-state index is -0.922. The molecule has 15 heavy (non-hydrogen) atoms. The van der Waals surface area contributed by atoms with Gasteiger partial charge in [0.2, 0.25) is 5.91 Å². The van der Waals surface area contributed by atoms with Gasteiger partial charge in [-0.3, -0.25) is 4.79 Å². The third kappa shape index (κ3) is 3.72. The van der Waals surface area contributed by atoms with Crippen molar-refractivity contribution >= 4 is 5.91 Å². The van der Waals surface area contributed by atoms with Crippen molar-refractivity contribution in [3.63, 3.8) is 0 Å². The SMILES string of the molecule is CC(C)[C@@H](O)C(=O)NCc1ccccc1. The van der Waals surface area contributed by atoms with Gasteiger partial charge in [0.05, 0.1) is 0 Å². The van der Waals surface area contributed by atoms with E-state index in [9.17, 15) is 9.90 Å². The van der Waals surface area contributed by atoms with Crippen LogP contribution < -0.4 is 5.32 Å². The smallest absolute Gasteiger partial charge is 0.249 e. The van der Waals surface area contributed by atoms with Crippen LogP contribution in [0.4, 0.5) is 0 Å². The molecule has 0 bridgehead atoms. The summed E-state index contributed by atoms with van der Waals surface area (Å²) in [6.45, 7) is 4.09. The summed E-state index contributed by atoms with van der Waals surface area (Å²) in [6.07, 6.45) is -0.922. The molecule has 0 fully saturated rings. The summed E-state index contributed by atoms with van der Waals surface area (Å²) in [5.41, 5.74) is 1.03. The molecule has 0 saturated heterocycles. The van der Waals surface area contributed by atoms with E-state index in [1.165, 1.54) is 0 Å². The Morgan fingerprint density at radius 2 is 1.93 bits per heavy atom. The second kappa shape index (κ2) is 5.51. The Balaban J connectivity index is 2.41. The molecular formula is C12H17NO2. The number of carbonyl (C=O) groups excluding carboxylic acids is 1. The standard InChI is InChI=1S/C12H17NO2/c1-9(2)11(14)12(15)13-8-10-6-4-3-5-7-10/h3-7,9,11,14H,8H2,1-2H3,(H,13,15)/t11-/m1/s1. The zero-order valence-electron chi connectivity index (χ0n) is 9.10. The van der Waals surface area contributed by atoms with Crippen molar-refractivity contribution in [2.75, 3.05) is 0 Å². The number of hydrogen-bond acceptors (Lipinski definition) is 2. The first-order valence-electron chi connectivity index (χ1n) is 5.11. The van der Waals surface area contributed by atoms with Crippen molar-refractivity contribution in [1.82, 2.24) is 5.32 Å². The van der Waals surface area contributed by atoms with Gasteiger partial charge in [0.1, 0.15) is 6.10 Å². The summed E-state index contributed by atoms with van der Waals surface area (Å²) in [6, 6.07) is 9.62. The van der Waals surface area contributed by atoms with Crippen molar-refractivity contribution in [2.45, 2.75) is 26.5 Å². The van der Waals surface area contributed by atoms with Crippen LogP contribution >= 0.6 is 0 Å². The molecule has 0 heterocycles. The Morgan fingerprint density at radius 1 is 1.33 bits per heavy atom. The number of carbonyl (C=O) groups is 1. The van der Waals surface area contributed by atoms with Crippen LogP contribution in [-0.4, -0.2) is 17.1 Å². The summed E-state index contributed by atoms with van der Waals surface area (Å²) < 4.78 is 0. The minimum Gasteiger partial charge on any atom is -0.383 e. The van der Waals surface area contributed by atoms with Crippen LogP contribution in [0.15, 0.2) is 30.3 Å². The summed E-state index contributed by atoms with van der Waals surface area (Å²) in [7, 11) is 0. The maximum atomic E-state index is 11.4. The third-order valence-corrected chi connectivity index (χ3v) is 2.21. The third-order valence-electron chi connectivity index (χ3n) is 2.21. The molecule has 1 amide bonds. The average molecular weight is 207 g/mol.